The van der Waals surface area contributed by atoms with Crippen molar-refractivity contribution in [1.82, 2.24) is 15.3 Å². The van der Waals surface area contributed by atoms with Gasteiger partial charge in [-0.2, -0.15) is 0 Å². The Hall–Kier alpha value is -2.08. The highest BCUT2D eigenvalue weighted by molar-refractivity contribution is 7.99. The van der Waals surface area contributed by atoms with E-state index in [-0.39, 0.29) is 11.9 Å². The second kappa shape index (κ2) is 6.13. The van der Waals surface area contributed by atoms with Crippen LogP contribution in [0.1, 0.15) is 17.3 Å². The maximum absolute atomic E-state index is 12.0. The van der Waals surface area contributed by atoms with Crippen molar-refractivity contribution in [2.75, 3.05) is 12.4 Å². The molecule has 0 radical (unpaired) electrons. The van der Waals surface area contributed by atoms with Crippen molar-refractivity contribution in [3.63, 3.8) is 0 Å². The Labute approximate surface area is 127 Å². The lowest BCUT2D eigenvalue weighted by molar-refractivity contribution is -0.119. The van der Waals surface area contributed by atoms with Gasteiger partial charge >= 0.3 is 0 Å². The van der Waals surface area contributed by atoms with Gasteiger partial charge in [0.1, 0.15) is 12.4 Å². The fourth-order valence-corrected chi connectivity index (χ4v) is 2.83. The first-order chi connectivity index (χ1) is 10.2. The fraction of sp³-hybridized carbons (Fsp3) is 0.267. The molecule has 108 valence electrons. The highest BCUT2D eigenvalue weighted by Gasteiger charge is 2.24. The predicted molar refractivity (Wildman–Crippen MR) is 80.3 cm³/mol. The zero-order valence-electron chi connectivity index (χ0n) is 11.6. The van der Waals surface area contributed by atoms with Gasteiger partial charge in [0.25, 0.3) is 0 Å². The first-order valence-corrected chi connectivity index (χ1v) is 7.64. The van der Waals surface area contributed by atoms with E-state index in [1.807, 2.05) is 37.3 Å². The summed E-state index contributed by atoms with van der Waals surface area (Å²) in [5, 5.41) is 3.60. The largest absolute Gasteiger partial charge is 0.491 e. The molecule has 6 heteroatoms. The second-order valence-corrected chi connectivity index (χ2v) is 5.68. The molecule has 21 heavy (non-hydrogen) atoms. The number of ether oxygens (including phenoxy) is 1. The van der Waals surface area contributed by atoms with Gasteiger partial charge in [0, 0.05) is 17.5 Å². The van der Waals surface area contributed by atoms with Crippen LogP contribution in [-0.2, 0) is 4.79 Å². The minimum atomic E-state index is -0.0762. The van der Waals surface area contributed by atoms with Crippen LogP contribution in [0.3, 0.4) is 0 Å². The minimum Gasteiger partial charge on any atom is -0.491 e. The molecule has 1 unspecified atom stereocenters. The lowest BCUT2D eigenvalue weighted by Gasteiger charge is -2.11. The van der Waals surface area contributed by atoms with Gasteiger partial charge in [-0.05, 0) is 19.1 Å². The third kappa shape index (κ3) is 3.33. The van der Waals surface area contributed by atoms with Crippen molar-refractivity contribution in [2.45, 2.75) is 18.1 Å². The molecule has 0 bridgehead atoms. The first kappa shape index (κ1) is 13.9. The summed E-state index contributed by atoms with van der Waals surface area (Å²) in [7, 11) is 0. The average Bonchev–Trinajstić information content (AvgIpc) is 2.89. The van der Waals surface area contributed by atoms with Gasteiger partial charge in [-0.3, -0.25) is 4.79 Å². The van der Waals surface area contributed by atoms with E-state index >= 15 is 0 Å². The molecule has 1 amide bonds. The van der Waals surface area contributed by atoms with E-state index in [0.717, 1.165) is 17.0 Å². The molecule has 1 N–H and O–H groups in total. The molecule has 0 spiro atoms. The average molecular weight is 301 g/mol. The molecule has 0 saturated carbocycles. The number of carbonyl (C=O) groups excluding carboxylic acids is 1. The van der Waals surface area contributed by atoms with Crippen molar-refractivity contribution in [3.05, 3.63) is 47.8 Å². The topological polar surface area (TPSA) is 64.1 Å². The number of nitrogens with one attached hydrogen (secondary N) is 1. The van der Waals surface area contributed by atoms with Crippen LogP contribution in [0.25, 0.3) is 0 Å². The van der Waals surface area contributed by atoms with E-state index in [1.54, 1.807) is 6.20 Å². The van der Waals surface area contributed by atoms with E-state index in [0.29, 0.717) is 17.5 Å². The normalized spacial score (nSPS) is 16.1. The van der Waals surface area contributed by atoms with Crippen LogP contribution in [0.5, 0.6) is 5.75 Å². The van der Waals surface area contributed by atoms with E-state index < -0.39 is 0 Å². The number of rotatable bonds is 4. The number of carbonyl (C=O) groups is 1. The standard InChI is InChI=1S/C15H15N3O2S/c1-10-6-7-16-15(17-10)21-9-14(19)18-12-8-20-13-5-3-2-4-11(12)13/h2-7,12H,8-9H2,1H3,(H,18,19). The number of benzene rings is 1. The zero-order valence-corrected chi connectivity index (χ0v) is 12.4. The third-order valence-electron chi connectivity index (χ3n) is 3.14. The second-order valence-electron chi connectivity index (χ2n) is 4.74. The van der Waals surface area contributed by atoms with Gasteiger partial charge in [-0.1, -0.05) is 30.0 Å². The van der Waals surface area contributed by atoms with Gasteiger partial charge in [-0.25, -0.2) is 9.97 Å². The Morgan fingerprint density at radius 1 is 1.43 bits per heavy atom. The minimum absolute atomic E-state index is 0.0459. The van der Waals surface area contributed by atoms with Crippen molar-refractivity contribution < 1.29 is 9.53 Å². The quantitative estimate of drug-likeness (QED) is 0.692. The molecule has 0 fully saturated rings. The maximum atomic E-state index is 12.0. The molecule has 1 aliphatic heterocycles. The number of para-hydroxylation sites is 1. The van der Waals surface area contributed by atoms with Gasteiger partial charge in [-0.15, -0.1) is 0 Å². The molecule has 1 atom stereocenters. The summed E-state index contributed by atoms with van der Waals surface area (Å²) >= 11 is 1.33. The molecule has 3 rings (SSSR count). The first-order valence-electron chi connectivity index (χ1n) is 6.66. The smallest absolute Gasteiger partial charge is 0.231 e. The van der Waals surface area contributed by atoms with Crippen LogP contribution < -0.4 is 10.1 Å². The lowest BCUT2D eigenvalue weighted by Crippen LogP contribution is -2.30. The Morgan fingerprint density at radius 3 is 3.14 bits per heavy atom. The summed E-state index contributed by atoms with van der Waals surface area (Å²) in [4.78, 5) is 20.4. The number of aromatic nitrogens is 2. The van der Waals surface area contributed by atoms with Crippen LogP contribution in [0.4, 0.5) is 0 Å². The highest BCUT2D eigenvalue weighted by atomic mass is 32.2. The van der Waals surface area contributed by atoms with Crippen molar-refractivity contribution in [3.8, 4) is 5.75 Å². The molecule has 1 aromatic carbocycles. The number of aryl methyl sites for hydroxylation is 1. The predicted octanol–water partition coefficient (Wildman–Crippen LogP) is 2.13. The van der Waals surface area contributed by atoms with Crippen LogP contribution in [0.2, 0.25) is 0 Å². The summed E-state index contributed by atoms with van der Waals surface area (Å²) < 4.78 is 5.54. The summed E-state index contributed by atoms with van der Waals surface area (Å²) in [5.41, 5.74) is 1.92. The van der Waals surface area contributed by atoms with Crippen LogP contribution >= 0.6 is 11.8 Å². The molecule has 1 aromatic heterocycles. The number of thioether (sulfide) groups is 1. The van der Waals surface area contributed by atoms with Gasteiger partial charge in [0.05, 0.1) is 11.8 Å². The fourth-order valence-electron chi connectivity index (χ4n) is 2.14. The van der Waals surface area contributed by atoms with Crippen LogP contribution in [0, 0.1) is 6.92 Å². The summed E-state index contributed by atoms with van der Waals surface area (Å²) in [5.74, 6) is 1.09. The van der Waals surface area contributed by atoms with Gasteiger partial charge in [0.15, 0.2) is 5.16 Å². The summed E-state index contributed by atoms with van der Waals surface area (Å²) in [6.45, 7) is 2.38. The van der Waals surface area contributed by atoms with Crippen molar-refractivity contribution in [1.29, 1.82) is 0 Å². The third-order valence-corrected chi connectivity index (χ3v) is 4.00. The Balaban J connectivity index is 1.56. The highest BCUT2D eigenvalue weighted by Crippen LogP contribution is 2.31. The molecule has 1 aliphatic rings. The van der Waals surface area contributed by atoms with Crippen LogP contribution in [-0.4, -0.2) is 28.2 Å². The van der Waals surface area contributed by atoms with E-state index in [2.05, 4.69) is 15.3 Å². The monoisotopic (exact) mass is 301 g/mol. The summed E-state index contributed by atoms with van der Waals surface area (Å²) in [6, 6.07) is 9.51. The molecule has 0 aliphatic carbocycles. The number of nitrogens with zero attached hydrogens (tertiary/aromatic N) is 2. The number of hydrogen-bond acceptors (Lipinski definition) is 5. The van der Waals surface area contributed by atoms with Gasteiger partial charge in [0.2, 0.25) is 5.91 Å². The molecule has 2 aromatic rings. The number of amides is 1. The molecular formula is C15H15N3O2S. The van der Waals surface area contributed by atoms with Crippen molar-refractivity contribution in [2.24, 2.45) is 0 Å². The Morgan fingerprint density at radius 2 is 2.29 bits per heavy atom. The van der Waals surface area contributed by atoms with Crippen LogP contribution in [0.15, 0.2) is 41.7 Å². The Bertz CT molecular complexity index is 663. The molecule has 5 nitrogen and oxygen atoms in total. The Kier molecular flexibility index (Phi) is 4.06. The molecular weight excluding hydrogens is 286 g/mol. The number of hydrogen-bond donors (Lipinski definition) is 1. The lowest BCUT2D eigenvalue weighted by atomic mass is 10.1. The van der Waals surface area contributed by atoms with E-state index in [9.17, 15) is 4.79 Å². The molecule has 2 heterocycles. The summed E-state index contributed by atoms with van der Waals surface area (Å²) in [6.07, 6.45) is 1.70. The maximum Gasteiger partial charge on any atom is 0.231 e. The SMILES string of the molecule is Cc1ccnc(SCC(=O)NC2COc3ccccc32)n1. The van der Waals surface area contributed by atoms with Crippen molar-refractivity contribution >= 4 is 17.7 Å². The van der Waals surface area contributed by atoms with Gasteiger partial charge < -0.3 is 10.1 Å². The molecule has 0 saturated heterocycles. The van der Waals surface area contributed by atoms with E-state index in [4.69, 9.17) is 4.74 Å². The van der Waals surface area contributed by atoms with E-state index in [1.165, 1.54) is 11.8 Å². The zero-order chi connectivity index (χ0) is 14.7. The number of fused-ring (bicyclic) bond motifs is 1.